The predicted molar refractivity (Wildman–Crippen MR) is 116 cm³/mol. The maximum Gasteiger partial charge on any atom is 0.258 e. The molecule has 0 aliphatic carbocycles. The molecule has 1 aliphatic heterocycles. The molecule has 162 valence electrons. The molecule has 4 rings (SSSR count). The number of rotatable bonds is 5. The average molecular weight is 421 g/mol. The highest BCUT2D eigenvalue weighted by molar-refractivity contribution is 6.00. The van der Waals surface area contributed by atoms with E-state index in [1.807, 2.05) is 64.1 Å². The van der Waals surface area contributed by atoms with Gasteiger partial charge in [-0.1, -0.05) is 50.2 Å². The summed E-state index contributed by atoms with van der Waals surface area (Å²) in [6.45, 7) is 9.98. The Hall–Kier alpha value is -3.35. The zero-order valence-corrected chi connectivity index (χ0v) is 18.3. The van der Waals surface area contributed by atoms with Gasteiger partial charge in [-0.2, -0.15) is 4.98 Å². The second kappa shape index (κ2) is 8.41. The lowest BCUT2D eigenvalue weighted by Crippen LogP contribution is -2.31. The molecule has 7 nitrogen and oxygen atoms in total. The lowest BCUT2D eigenvalue weighted by atomic mass is 9.96. The molecule has 1 aromatic heterocycles. The number of aromatic nitrogens is 2. The molecular formula is C24H27N3O4. The van der Waals surface area contributed by atoms with Gasteiger partial charge in [-0.3, -0.25) is 4.79 Å². The number of fused-ring (bicyclic) bond motifs is 1. The van der Waals surface area contributed by atoms with Gasteiger partial charge in [0, 0.05) is 24.1 Å². The third-order valence-corrected chi connectivity index (χ3v) is 5.16. The predicted octanol–water partition coefficient (Wildman–Crippen LogP) is 4.47. The minimum Gasteiger partial charge on any atom is -0.486 e. The Morgan fingerprint density at radius 1 is 1.06 bits per heavy atom. The van der Waals surface area contributed by atoms with E-state index >= 15 is 0 Å². The van der Waals surface area contributed by atoms with Crippen molar-refractivity contribution >= 4 is 5.91 Å². The molecule has 0 bridgehead atoms. The van der Waals surface area contributed by atoms with E-state index in [4.69, 9.17) is 14.0 Å². The number of amides is 1. The molecule has 1 aliphatic rings. The van der Waals surface area contributed by atoms with Crippen LogP contribution in [0.5, 0.6) is 11.5 Å². The number of carbonyl (C=O) groups excluding carboxylic acids is 1. The maximum absolute atomic E-state index is 13.5. The molecule has 3 aromatic rings. The van der Waals surface area contributed by atoms with Crippen LogP contribution in [0.1, 0.15) is 49.4 Å². The first kappa shape index (κ1) is 20.9. The number of hydrogen-bond donors (Lipinski definition) is 0. The van der Waals surface area contributed by atoms with Gasteiger partial charge < -0.3 is 18.9 Å². The number of hydrogen-bond acceptors (Lipinski definition) is 6. The average Bonchev–Trinajstić information content (AvgIpc) is 3.28. The number of carbonyl (C=O) groups is 1. The number of nitrogens with zero attached hydrogens (tertiary/aromatic N) is 3. The van der Waals surface area contributed by atoms with Gasteiger partial charge in [0.2, 0.25) is 0 Å². The Morgan fingerprint density at radius 2 is 1.84 bits per heavy atom. The van der Waals surface area contributed by atoms with Gasteiger partial charge in [0.1, 0.15) is 13.2 Å². The van der Waals surface area contributed by atoms with Crippen molar-refractivity contribution in [2.45, 2.75) is 39.7 Å². The van der Waals surface area contributed by atoms with Gasteiger partial charge in [-0.15, -0.1) is 0 Å². The fraction of sp³-hybridized carbons (Fsp3) is 0.375. The van der Waals surface area contributed by atoms with Gasteiger partial charge in [0.25, 0.3) is 11.8 Å². The molecule has 31 heavy (non-hydrogen) atoms. The Bertz CT molecular complexity index is 1080. The summed E-state index contributed by atoms with van der Waals surface area (Å²) in [5.74, 6) is 2.26. The summed E-state index contributed by atoms with van der Waals surface area (Å²) in [6.07, 6.45) is 0. The molecule has 0 saturated carbocycles. The van der Waals surface area contributed by atoms with Gasteiger partial charge in [-0.05, 0) is 25.1 Å². The third kappa shape index (κ3) is 4.26. The molecule has 2 aromatic carbocycles. The van der Waals surface area contributed by atoms with E-state index < -0.39 is 0 Å². The van der Waals surface area contributed by atoms with E-state index in [0.717, 1.165) is 5.56 Å². The molecule has 0 fully saturated rings. The number of benzene rings is 2. The molecule has 0 atom stereocenters. The van der Waals surface area contributed by atoms with Gasteiger partial charge >= 0.3 is 0 Å². The van der Waals surface area contributed by atoms with Crippen LogP contribution in [0.4, 0.5) is 0 Å². The van der Waals surface area contributed by atoms with Gasteiger partial charge in [-0.25, -0.2) is 0 Å². The van der Waals surface area contributed by atoms with E-state index in [9.17, 15) is 4.79 Å². The molecular weight excluding hydrogens is 394 g/mol. The normalized spacial score (nSPS) is 13.2. The van der Waals surface area contributed by atoms with Crippen LogP contribution in [0.25, 0.3) is 11.5 Å². The van der Waals surface area contributed by atoms with Crippen molar-refractivity contribution in [1.82, 2.24) is 15.0 Å². The summed E-state index contributed by atoms with van der Waals surface area (Å²) in [5.41, 5.74) is 1.82. The quantitative estimate of drug-likeness (QED) is 0.605. The van der Waals surface area contributed by atoms with E-state index in [0.29, 0.717) is 60.6 Å². The van der Waals surface area contributed by atoms with Crippen LogP contribution >= 0.6 is 0 Å². The van der Waals surface area contributed by atoms with Crippen molar-refractivity contribution in [3.05, 3.63) is 59.4 Å². The Balaban J connectivity index is 1.64. The smallest absolute Gasteiger partial charge is 0.258 e. The van der Waals surface area contributed by atoms with Crippen LogP contribution in [-0.4, -0.2) is 40.7 Å². The van der Waals surface area contributed by atoms with Crippen molar-refractivity contribution in [1.29, 1.82) is 0 Å². The van der Waals surface area contributed by atoms with Gasteiger partial charge in [0.15, 0.2) is 17.3 Å². The summed E-state index contributed by atoms with van der Waals surface area (Å²) in [6, 6.07) is 13.1. The van der Waals surface area contributed by atoms with E-state index in [2.05, 4.69) is 10.1 Å². The minimum absolute atomic E-state index is 0.108. The second-order valence-electron chi connectivity index (χ2n) is 8.48. The molecule has 1 amide bonds. The fourth-order valence-electron chi connectivity index (χ4n) is 3.46. The first-order valence-electron chi connectivity index (χ1n) is 10.5. The van der Waals surface area contributed by atoms with Gasteiger partial charge in [0.05, 0.1) is 11.1 Å². The highest BCUT2D eigenvalue weighted by Crippen LogP contribution is 2.35. The van der Waals surface area contributed by atoms with Crippen LogP contribution in [0, 0.1) is 0 Å². The van der Waals surface area contributed by atoms with Crippen LogP contribution < -0.4 is 9.47 Å². The summed E-state index contributed by atoms with van der Waals surface area (Å²) in [4.78, 5) is 19.8. The zero-order chi connectivity index (χ0) is 22.0. The number of ether oxygens (including phenoxy) is 2. The van der Waals surface area contributed by atoms with Crippen molar-refractivity contribution in [3.63, 3.8) is 0 Å². The number of para-hydroxylation sites is 1. The lowest BCUT2D eigenvalue weighted by Gasteiger charge is -2.26. The van der Waals surface area contributed by atoms with Crippen molar-refractivity contribution in [2.75, 3.05) is 19.8 Å². The van der Waals surface area contributed by atoms with Crippen molar-refractivity contribution < 1.29 is 18.8 Å². The highest BCUT2D eigenvalue weighted by atomic mass is 16.6. The van der Waals surface area contributed by atoms with E-state index in [-0.39, 0.29) is 11.3 Å². The summed E-state index contributed by atoms with van der Waals surface area (Å²) < 4.78 is 17.0. The topological polar surface area (TPSA) is 77.7 Å². The highest BCUT2D eigenvalue weighted by Gasteiger charge is 2.26. The SMILES string of the molecule is CCN(Cc1cccc2c1OCCO2)C(=O)c1ccccc1-c1nc(C(C)(C)C)no1. The van der Waals surface area contributed by atoms with E-state index in [1.54, 1.807) is 11.0 Å². The molecule has 2 heterocycles. The Morgan fingerprint density at radius 3 is 2.58 bits per heavy atom. The second-order valence-corrected chi connectivity index (χ2v) is 8.48. The van der Waals surface area contributed by atoms with Crippen LogP contribution in [0.3, 0.4) is 0 Å². The minimum atomic E-state index is -0.245. The van der Waals surface area contributed by atoms with Crippen LogP contribution in [0.15, 0.2) is 47.0 Å². The lowest BCUT2D eigenvalue weighted by molar-refractivity contribution is 0.0749. The summed E-state index contributed by atoms with van der Waals surface area (Å²) in [5, 5.41) is 4.10. The van der Waals surface area contributed by atoms with Crippen LogP contribution in [0.2, 0.25) is 0 Å². The summed E-state index contributed by atoms with van der Waals surface area (Å²) >= 11 is 0. The summed E-state index contributed by atoms with van der Waals surface area (Å²) in [7, 11) is 0. The Labute approximate surface area is 182 Å². The monoisotopic (exact) mass is 421 g/mol. The Kier molecular flexibility index (Phi) is 5.67. The zero-order valence-electron chi connectivity index (χ0n) is 18.3. The van der Waals surface area contributed by atoms with Crippen LogP contribution in [-0.2, 0) is 12.0 Å². The largest absolute Gasteiger partial charge is 0.486 e. The van der Waals surface area contributed by atoms with Crippen molar-refractivity contribution in [3.8, 4) is 23.0 Å². The molecule has 0 spiro atoms. The molecule has 0 saturated heterocycles. The molecule has 0 radical (unpaired) electrons. The molecule has 7 heteroatoms. The van der Waals surface area contributed by atoms with Crippen molar-refractivity contribution in [2.24, 2.45) is 0 Å². The molecule has 0 N–H and O–H groups in total. The first-order valence-corrected chi connectivity index (χ1v) is 10.5. The standard InChI is InChI=1S/C24H27N3O4/c1-5-27(15-16-9-8-12-19-20(16)30-14-13-29-19)22(28)18-11-7-6-10-17(18)21-25-23(26-31-21)24(2,3)4/h6-12H,5,13-15H2,1-4H3. The third-order valence-electron chi connectivity index (χ3n) is 5.16. The fourth-order valence-corrected chi connectivity index (χ4v) is 3.46. The van der Waals surface area contributed by atoms with E-state index in [1.165, 1.54) is 0 Å². The molecule has 0 unspecified atom stereocenters. The first-order chi connectivity index (χ1) is 14.9. The maximum atomic E-state index is 13.5.